The van der Waals surface area contributed by atoms with Gasteiger partial charge in [-0.25, -0.2) is 0 Å². The van der Waals surface area contributed by atoms with Crippen LogP contribution in [0.2, 0.25) is 5.02 Å². The zero-order valence-electron chi connectivity index (χ0n) is 12.4. The predicted octanol–water partition coefficient (Wildman–Crippen LogP) is 2.88. The van der Waals surface area contributed by atoms with E-state index in [-0.39, 0.29) is 11.9 Å². The van der Waals surface area contributed by atoms with Crippen molar-refractivity contribution in [1.82, 2.24) is 5.32 Å². The Morgan fingerprint density at radius 1 is 1.33 bits per heavy atom. The van der Waals surface area contributed by atoms with E-state index in [4.69, 9.17) is 11.6 Å². The number of thioether (sulfide) groups is 1. The van der Waals surface area contributed by atoms with Gasteiger partial charge in [-0.1, -0.05) is 25.4 Å². The van der Waals surface area contributed by atoms with Gasteiger partial charge in [0.25, 0.3) is 0 Å². The third-order valence-electron chi connectivity index (χ3n) is 4.00. The fourth-order valence-corrected chi connectivity index (χ4v) is 4.79. The molecule has 6 heteroatoms. The first-order chi connectivity index (χ1) is 9.99. The Labute approximate surface area is 134 Å². The van der Waals surface area contributed by atoms with Crippen LogP contribution in [0.25, 0.3) is 0 Å². The third kappa shape index (κ3) is 2.74. The van der Waals surface area contributed by atoms with Crippen LogP contribution in [0.4, 0.5) is 11.4 Å². The molecule has 0 aliphatic carbocycles. The number of rotatable bonds is 2. The molecule has 0 saturated carbocycles. The number of carbonyl (C=O) groups is 1. The van der Waals surface area contributed by atoms with E-state index in [0.29, 0.717) is 10.5 Å². The maximum Gasteiger partial charge on any atom is 0.246 e. The van der Waals surface area contributed by atoms with Crippen molar-refractivity contribution in [2.75, 3.05) is 30.4 Å². The maximum absolute atomic E-state index is 11.9. The summed E-state index contributed by atoms with van der Waals surface area (Å²) in [5.41, 5.74) is 2.83. The quantitative estimate of drug-likeness (QED) is 0.877. The molecule has 1 aromatic carbocycles. The van der Waals surface area contributed by atoms with Crippen molar-refractivity contribution in [2.24, 2.45) is 0 Å². The summed E-state index contributed by atoms with van der Waals surface area (Å²) in [7, 11) is 1.78. The Hall–Kier alpha value is -0.910. The van der Waals surface area contributed by atoms with Gasteiger partial charge in [-0.05, 0) is 19.2 Å². The largest absolute Gasteiger partial charge is 0.368 e. The van der Waals surface area contributed by atoms with Crippen LogP contribution in [0.5, 0.6) is 0 Å². The molecule has 3 atom stereocenters. The Morgan fingerprint density at radius 2 is 2.00 bits per heavy atom. The summed E-state index contributed by atoms with van der Waals surface area (Å²) < 4.78 is 0. The van der Waals surface area contributed by atoms with Gasteiger partial charge in [0, 0.05) is 34.8 Å². The number of fused-ring (bicyclic) bond motifs is 1. The maximum atomic E-state index is 11.9. The number of hydrogen-bond donors (Lipinski definition) is 2. The summed E-state index contributed by atoms with van der Waals surface area (Å²) >= 11 is 8.50. The summed E-state index contributed by atoms with van der Waals surface area (Å²) in [5, 5.41) is 7.84. The van der Waals surface area contributed by atoms with E-state index in [1.165, 1.54) is 0 Å². The van der Waals surface area contributed by atoms with E-state index >= 15 is 0 Å². The molecule has 2 aliphatic heterocycles. The van der Waals surface area contributed by atoms with Crippen LogP contribution in [-0.4, -0.2) is 36.5 Å². The molecule has 1 saturated heterocycles. The minimum atomic E-state index is -0.304. The molecule has 2 N–H and O–H groups in total. The second-order valence-corrected chi connectivity index (χ2v) is 8.05. The van der Waals surface area contributed by atoms with Crippen molar-refractivity contribution in [3.8, 4) is 0 Å². The van der Waals surface area contributed by atoms with Crippen molar-refractivity contribution in [3.05, 3.63) is 22.7 Å². The highest BCUT2D eigenvalue weighted by atomic mass is 35.5. The second-order valence-electron chi connectivity index (χ2n) is 5.76. The van der Waals surface area contributed by atoms with Gasteiger partial charge in [0.15, 0.2) is 0 Å². The van der Waals surface area contributed by atoms with Crippen LogP contribution < -0.4 is 15.5 Å². The highest BCUT2D eigenvalue weighted by molar-refractivity contribution is 8.00. The minimum absolute atomic E-state index is 0.0170. The number of amides is 1. The molecule has 2 heterocycles. The van der Waals surface area contributed by atoms with E-state index in [9.17, 15) is 4.79 Å². The Balaban J connectivity index is 1.95. The number of carbonyl (C=O) groups excluding carboxylic acids is 1. The lowest BCUT2D eigenvalue weighted by Crippen LogP contribution is -2.40. The lowest BCUT2D eigenvalue weighted by atomic mass is 10.1. The van der Waals surface area contributed by atoms with Gasteiger partial charge in [-0.2, -0.15) is 11.8 Å². The Bertz CT molecular complexity index is 570. The van der Waals surface area contributed by atoms with Crippen molar-refractivity contribution in [1.29, 1.82) is 0 Å². The summed E-state index contributed by atoms with van der Waals surface area (Å²) in [6, 6.07) is 3.63. The first-order valence-electron chi connectivity index (χ1n) is 7.21. The lowest BCUT2D eigenvalue weighted by molar-refractivity contribution is -0.117. The van der Waals surface area contributed by atoms with E-state index < -0.39 is 0 Å². The van der Waals surface area contributed by atoms with Crippen molar-refractivity contribution >= 4 is 40.6 Å². The standard InChI is InChI=1S/C15H20ClN3OS/c1-8-6-19(7-9(2)21-8)13-5-12-10(4-11(13)16)14(17-3)15(20)18-12/h4-5,8-9,14,17H,6-7H2,1-3H3,(H,18,20). The highest BCUT2D eigenvalue weighted by Gasteiger charge is 2.32. The molecule has 3 unspecified atom stereocenters. The van der Waals surface area contributed by atoms with Crippen LogP contribution in [0.3, 0.4) is 0 Å². The SMILES string of the molecule is CNC1C(=O)Nc2cc(N3CC(C)SC(C)C3)c(Cl)cc21. The van der Waals surface area contributed by atoms with Crippen LogP contribution in [0.1, 0.15) is 25.5 Å². The van der Waals surface area contributed by atoms with Crippen LogP contribution in [0.15, 0.2) is 12.1 Å². The molecular formula is C15H20ClN3OS. The van der Waals surface area contributed by atoms with Gasteiger partial charge >= 0.3 is 0 Å². The molecule has 2 aliphatic rings. The number of nitrogens with one attached hydrogen (secondary N) is 2. The van der Waals surface area contributed by atoms with Crippen LogP contribution in [-0.2, 0) is 4.79 Å². The minimum Gasteiger partial charge on any atom is -0.368 e. The number of anilines is 2. The Morgan fingerprint density at radius 3 is 2.62 bits per heavy atom. The van der Waals surface area contributed by atoms with E-state index in [1.807, 2.05) is 23.9 Å². The van der Waals surface area contributed by atoms with Crippen molar-refractivity contribution < 1.29 is 4.79 Å². The topological polar surface area (TPSA) is 44.4 Å². The number of hydrogen-bond acceptors (Lipinski definition) is 4. The lowest BCUT2D eigenvalue weighted by Gasteiger charge is -2.36. The summed E-state index contributed by atoms with van der Waals surface area (Å²) in [6.45, 7) is 6.45. The molecule has 1 amide bonds. The third-order valence-corrected chi connectivity index (χ3v) is 5.53. The van der Waals surface area contributed by atoms with Crippen molar-refractivity contribution in [3.63, 3.8) is 0 Å². The van der Waals surface area contributed by atoms with Gasteiger partial charge in [0.1, 0.15) is 6.04 Å². The average molecular weight is 326 g/mol. The van der Waals surface area contributed by atoms with E-state index in [0.717, 1.165) is 35.1 Å². The van der Waals surface area contributed by atoms with Crippen molar-refractivity contribution in [2.45, 2.75) is 30.4 Å². The molecule has 21 heavy (non-hydrogen) atoms. The number of halogens is 1. The molecule has 1 aromatic rings. The molecule has 0 bridgehead atoms. The summed E-state index contributed by atoms with van der Waals surface area (Å²) in [6.07, 6.45) is 0. The summed E-state index contributed by atoms with van der Waals surface area (Å²) in [5.74, 6) is -0.0170. The molecular weight excluding hydrogens is 306 g/mol. The average Bonchev–Trinajstić information content (AvgIpc) is 2.71. The molecule has 0 aromatic heterocycles. The molecule has 0 radical (unpaired) electrons. The first-order valence-corrected chi connectivity index (χ1v) is 8.53. The smallest absolute Gasteiger partial charge is 0.246 e. The van der Waals surface area contributed by atoms with Gasteiger partial charge < -0.3 is 15.5 Å². The fraction of sp³-hybridized carbons (Fsp3) is 0.533. The zero-order chi connectivity index (χ0) is 15.1. The Kier molecular flexibility index (Phi) is 4.08. The molecule has 4 nitrogen and oxygen atoms in total. The van der Waals surface area contributed by atoms with E-state index in [2.05, 4.69) is 29.4 Å². The van der Waals surface area contributed by atoms with Gasteiger partial charge in [-0.15, -0.1) is 0 Å². The highest BCUT2D eigenvalue weighted by Crippen LogP contribution is 2.40. The summed E-state index contributed by atoms with van der Waals surface area (Å²) in [4.78, 5) is 14.3. The zero-order valence-corrected chi connectivity index (χ0v) is 14.0. The van der Waals surface area contributed by atoms with Gasteiger partial charge in [0.2, 0.25) is 5.91 Å². The van der Waals surface area contributed by atoms with Gasteiger partial charge in [0.05, 0.1) is 10.7 Å². The normalized spacial score (nSPS) is 28.5. The fourth-order valence-electron chi connectivity index (χ4n) is 3.17. The molecule has 0 spiro atoms. The number of nitrogens with zero attached hydrogens (tertiary/aromatic N) is 1. The van der Waals surface area contributed by atoms with E-state index in [1.54, 1.807) is 7.05 Å². The number of benzene rings is 1. The number of likely N-dealkylation sites (N-methyl/N-ethyl adjacent to an activating group) is 1. The monoisotopic (exact) mass is 325 g/mol. The first kappa shape index (κ1) is 15.0. The molecule has 1 fully saturated rings. The van der Waals surface area contributed by atoms with Gasteiger partial charge in [-0.3, -0.25) is 4.79 Å². The molecule has 114 valence electrons. The van der Waals surface area contributed by atoms with Crippen LogP contribution in [0, 0.1) is 0 Å². The predicted molar refractivity (Wildman–Crippen MR) is 90.6 cm³/mol. The molecule has 3 rings (SSSR count). The second kappa shape index (κ2) is 5.71. The van der Waals surface area contributed by atoms with Crippen LogP contribution >= 0.6 is 23.4 Å².